The van der Waals surface area contributed by atoms with Crippen molar-refractivity contribution >= 4 is 11.6 Å². The third kappa shape index (κ3) is 3.19. The fraction of sp³-hybridized carbons (Fsp3) is 0.200. The molecular formula is C20H20N6O. The fourth-order valence-electron chi connectivity index (χ4n) is 3.04. The van der Waals surface area contributed by atoms with Crippen LogP contribution in [-0.4, -0.2) is 30.1 Å². The van der Waals surface area contributed by atoms with E-state index in [1.165, 1.54) is 0 Å². The van der Waals surface area contributed by atoms with Crippen molar-refractivity contribution < 1.29 is 4.79 Å². The van der Waals surface area contributed by atoms with E-state index in [9.17, 15) is 4.79 Å². The monoisotopic (exact) mass is 360 g/mol. The zero-order valence-corrected chi connectivity index (χ0v) is 15.4. The van der Waals surface area contributed by atoms with Gasteiger partial charge in [0.1, 0.15) is 0 Å². The molecule has 4 aromatic rings. The number of aryl methyl sites for hydroxylation is 2. The Hall–Kier alpha value is -3.48. The van der Waals surface area contributed by atoms with Gasteiger partial charge in [-0.1, -0.05) is 0 Å². The third-order valence-corrected chi connectivity index (χ3v) is 4.57. The Morgan fingerprint density at radius 2 is 2.04 bits per heavy atom. The van der Waals surface area contributed by atoms with Crippen LogP contribution in [0.5, 0.6) is 0 Å². The van der Waals surface area contributed by atoms with Crippen molar-refractivity contribution in [1.82, 2.24) is 29.5 Å². The number of fused-ring (bicyclic) bond motifs is 1. The van der Waals surface area contributed by atoms with Gasteiger partial charge in [0.05, 0.1) is 23.0 Å². The number of nitrogens with one attached hydrogen (secondary N) is 1. The van der Waals surface area contributed by atoms with Gasteiger partial charge in [0.2, 0.25) is 0 Å². The molecule has 0 aliphatic rings. The lowest BCUT2D eigenvalue weighted by Crippen LogP contribution is -2.27. The summed E-state index contributed by atoms with van der Waals surface area (Å²) in [5, 5.41) is 11.5. The number of hydrogen-bond acceptors (Lipinski definition) is 4. The van der Waals surface area contributed by atoms with Crippen LogP contribution in [0.2, 0.25) is 0 Å². The van der Waals surface area contributed by atoms with Gasteiger partial charge in [-0.05, 0) is 55.8 Å². The van der Waals surface area contributed by atoms with Crippen LogP contribution in [0.3, 0.4) is 0 Å². The molecule has 0 bridgehead atoms. The molecule has 7 heteroatoms. The van der Waals surface area contributed by atoms with Crippen molar-refractivity contribution in [2.45, 2.75) is 19.9 Å². The van der Waals surface area contributed by atoms with Gasteiger partial charge in [-0.25, -0.2) is 0 Å². The van der Waals surface area contributed by atoms with Crippen LogP contribution in [0.15, 0.2) is 55.0 Å². The van der Waals surface area contributed by atoms with Crippen LogP contribution in [-0.2, 0) is 7.05 Å². The zero-order valence-electron chi connectivity index (χ0n) is 15.4. The second kappa shape index (κ2) is 6.68. The number of carbonyl (C=O) groups excluding carboxylic acids is 1. The summed E-state index contributed by atoms with van der Waals surface area (Å²) >= 11 is 0. The molecule has 4 rings (SSSR count). The largest absolute Gasteiger partial charge is 0.348 e. The summed E-state index contributed by atoms with van der Waals surface area (Å²) < 4.78 is 3.80. The SMILES string of the molecule is Cc1ccnc(C(C)NC(=O)c2ccc3nnc(-c4cccn4C)n3c2)c1. The summed E-state index contributed by atoms with van der Waals surface area (Å²) in [5.41, 5.74) is 4.10. The second-order valence-corrected chi connectivity index (χ2v) is 6.63. The van der Waals surface area contributed by atoms with E-state index in [1.54, 1.807) is 24.5 Å². The minimum Gasteiger partial charge on any atom is -0.348 e. The summed E-state index contributed by atoms with van der Waals surface area (Å²) in [6.07, 6.45) is 5.47. The third-order valence-electron chi connectivity index (χ3n) is 4.57. The molecule has 0 aromatic carbocycles. The molecule has 0 aliphatic heterocycles. The highest BCUT2D eigenvalue weighted by atomic mass is 16.1. The lowest BCUT2D eigenvalue weighted by Gasteiger charge is -2.14. The molecule has 1 N–H and O–H groups in total. The second-order valence-electron chi connectivity index (χ2n) is 6.63. The Morgan fingerprint density at radius 1 is 1.19 bits per heavy atom. The van der Waals surface area contributed by atoms with Crippen molar-refractivity contribution in [3.8, 4) is 11.5 Å². The minimum atomic E-state index is -0.193. The number of hydrogen-bond donors (Lipinski definition) is 1. The number of nitrogens with zero attached hydrogens (tertiary/aromatic N) is 5. The predicted molar refractivity (Wildman–Crippen MR) is 102 cm³/mol. The van der Waals surface area contributed by atoms with Crippen LogP contribution in [0.4, 0.5) is 0 Å². The summed E-state index contributed by atoms with van der Waals surface area (Å²) in [6.45, 7) is 3.93. The van der Waals surface area contributed by atoms with E-state index in [4.69, 9.17) is 0 Å². The molecule has 0 spiro atoms. The maximum Gasteiger partial charge on any atom is 0.253 e. The Balaban J connectivity index is 1.63. The van der Waals surface area contributed by atoms with E-state index in [-0.39, 0.29) is 11.9 Å². The summed E-state index contributed by atoms with van der Waals surface area (Å²) in [6, 6.07) is 11.2. The topological polar surface area (TPSA) is 77.1 Å². The van der Waals surface area contributed by atoms with Crippen molar-refractivity contribution in [3.05, 3.63) is 71.8 Å². The molecule has 0 saturated heterocycles. The van der Waals surface area contributed by atoms with E-state index in [0.717, 1.165) is 17.0 Å². The van der Waals surface area contributed by atoms with E-state index < -0.39 is 0 Å². The Labute approximate surface area is 156 Å². The molecule has 1 atom stereocenters. The van der Waals surface area contributed by atoms with Crippen molar-refractivity contribution in [3.63, 3.8) is 0 Å². The number of pyridine rings is 2. The van der Waals surface area contributed by atoms with Gasteiger partial charge in [0.25, 0.3) is 5.91 Å². The quantitative estimate of drug-likeness (QED) is 0.607. The van der Waals surface area contributed by atoms with Gasteiger partial charge in [-0.15, -0.1) is 10.2 Å². The summed E-state index contributed by atoms with van der Waals surface area (Å²) in [5.74, 6) is 0.528. The van der Waals surface area contributed by atoms with Crippen LogP contribution >= 0.6 is 0 Å². The molecule has 0 saturated carbocycles. The Kier molecular flexibility index (Phi) is 4.19. The van der Waals surface area contributed by atoms with Crippen molar-refractivity contribution in [2.24, 2.45) is 7.05 Å². The average molecular weight is 360 g/mol. The molecule has 4 aromatic heterocycles. The maximum atomic E-state index is 12.7. The van der Waals surface area contributed by atoms with E-state index in [2.05, 4.69) is 20.5 Å². The highest BCUT2D eigenvalue weighted by molar-refractivity contribution is 5.94. The van der Waals surface area contributed by atoms with E-state index in [0.29, 0.717) is 17.0 Å². The molecule has 1 unspecified atom stereocenters. The van der Waals surface area contributed by atoms with Gasteiger partial charge in [0.15, 0.2) is 11.5 Å². The summed E-state index contributed by atoms with van der Waals surface area (Å²) in [7, 11) is 1.95. The standard InChI is InChI=1S/C20H20N6O/c1-13-8-9-21-16(11-13)14(2)22-20(27)15-6-7-18-23-24-19(26(18)12-15)17-5-4-10-25(17)3/h4-12,14H,1-3H3,(H,22,27). The first kappa shape index (κ1) is 17.0. The molecule has 0 aliphatic carbocycles. The Morgan fingerprint density at radius 3 is 2.78 bits per heavy atom. The zero-order chi connectivity index (χ0) is 19.0. The molecular weight excluding hydrogens is 340 g/mol. The number of aromatic nitrogens is 5. The summed E-state index contributed by atoms with van der Waals surface area (Å²) in [4.78, 5) is 17.1. The molecule has 0 fully saturated rings. The smallest absolute Gasteiger partial charge is 0.253 e. The number of rotatable bonds is 4. The molecule has 4 heterocycles. The first-order valence-electron chi connectivity index (χ1n) is 8.73. The molecule has 136 valence electrons. The van der Waals surface area contributed by atoms with Gasteiger partial charge in [0, 0.05) is 25.6 Å². The lowest BCUT2D eigenvalue weighted by atomic mass is 10.1. The van der Waals surface area contributed by atoms with Crippen LogP contribution in [0, 0.1) is 6.92 Å². The molecule has 0 radical (unpaired) electrons. The first-order chi connectivity index (χ1) is 13.0. The normalized spacial score (nSPS) is 12.3. The van der Waals surface area contributed by atoms with Gasteiger partial charge in [-0.2, -0.15) is 0 Å². The van der Waals surface area contributed by atoms with Crippen LogP contribution in [0.25, 0.3) is 17.2 Å². The van der Waals surface area contributed by atoms with Crippen molar-refractivity contribution in [2.75, 3.05) is 0 Å². The Bertz CT molecular complexity index is 1130. The van der Waals surface area contributed by atoms with E-state index >= 15 is 0 Å². The first-order valence-corrected chi connectivity index (χ1v) is 8.73. The predicted octanol–water partition coefficient (Wildman–Crippen LogP) is 2.93. The lowest BCUT2D eigenvalue weighted by molar-refractivity contribution is 0.0938. The van der Waals surface area contributed by atoms with Gasteiger partial charge >= 0.3 is 0 Å². The van der Waals surface area contributed by atoms with Gasteiger partial charge in [-0.3, -0.25) is 14.2 Å². The number of amides is 1. The highest BCUT2D eigenvalue weighted by Gasteiger charge is 2.16. The maximum absolute atomic E-state index is 12.7. The average Bonchev–Trinajstić information content (AvgIpc) is 3.26. The number of carbonyl (C=O) groups is 1. The molecule has 27 heavy (non-hydrogen) atoms. The molecule has 1 amide bonds. The molecule has 7 nitrogen and oxygen atoms in total. The van der Waals surface area contributed by atoms with Crippen LogP contribution in [0.1, 0.15) is 34.6 Å². The van der Waals surface area contributed by atoms with Crippen LogP contribution < -0.4 is 5.32 Å². The minimum absolute atomic E-state index is 0.167. The highest BCUT2D eigenvalue weighted by Crippen LogP contribution is 2.19. The fourth-order valence-corrected chi connectivity index (χ4v) is 3.04. The van der Waals surface area contributed by atoms with Crippen molar-refractivity contribution in [1.29, 1.82) is 0 Å². The van der Waals surface area contributed by atoms with E-state index in [1.807, 2.05) is 60.3 Å². The van der Waals surface area contributed by atoms with Gasteiger partial charge < -0.3 is 9.88 Å².